The summed E-state index contributed by atoms with van der Waals surface area (Å²) in [4.78, 5) is 2.51. The zero-order valence-corrected chi connectivity index (χ0v) is 9.62. The molecule has 0 unspecified atom stereocenters. The summed E-state index contributed by atoms with van der Waals surface area (Å²) in [6, 6.07) is 8.66. The number of hydrogen-bond donors (Lipinski definition) is 0. The van der Waals surface area contributed by atoms with Gasteiger partial charge in [-0.3, -0.25) is 0 Å². The standard InChI is InChI=1S/C11H12IN/c12-9-3-1-2-4-10(9)13-7-11(8-13)5-6-11/h1-4H,5-8H2. The van der Waals surface area contributed by atoms with E-state index in [2.05, 4.69) is 51.8 Å². The van der Waals surface area contributed by atoms with Gasteiger partial charge in [0.05, 0.1) is 5.69 Å². The molecule has 1 aliphatic carbocycles. The fourth-order valence-electron chi connectivity index (χ4n) is 2.13. The van der Waals surface area contributed by atoms with Crippen molar-refractivity contribution in [1.82, 2.24) is 0 Å². The van der Waals surface area contributed by atoms with Gasteiger partial charge in [0.25, 0.3) is 0 Å². The van der Waals surface area contributed by atoms with Gasteiger partial charge in [-0.1, -0.05) is 12.1 Å². The Kier molecular flexibility index (Phi) is 1.63. The Hall–Kier alpha value is -0.250. The lowest BCUT2D eigenvalue weighted by molar-refractivity contribution is 0.387. The van der Waals surface area contributed by atoms with Crippen LogP contribution in [0.2, 0.25) is 0 Å². The lowest BCUT2D eigenvalue weighted by Gasteiger charge is -2.42. The molecule has 1 aliphatic heterocycles. The predicted molar refractivity (Wildman–Crippen MR) is 63.0 cm³/mol. The smallest absolute Gasteiger partial charge is 0.0502 e. The summed E-state index contributed by atoms with van der Waals surface area (Å²) in [6.45, 7) is 2.60. The maximum absolute atomic E-state index is 2.51. The van der Waals surface area contributed by atoms with Crippen LogP contribution >= 0.6 is 22.6 Å². The molecular formula is C11H12IN. The van der Waals surface area contributed by atoms with Crippen LogP contribution in [0.25, 0.3) is 0 Å². The summed E-state index contributed by atoms with van der Waals surface area (Å²) in [5, 5.41) is 0. The first-order valence-electron chi connectivity index (χ1n) is 4.79. The summed E-state index contributed by atoms with van der Waals surface area (Å²) >= 11 is 2.42. The number of rotatable bonds is 1. The molecule has 1 nitrogen and oxygen atoms in total. The summed E-state index contributed by atoms with van der Waals surface area (Å²) in [6.07, 6.45) is 2.93. The normalized spacial score (nSPS) is 23.0. The van der Waals surface area contributed by atoms with Gasteiger partial charge in [-0.05, 0) is 47.6 Å². The third kappa shape index (κ3) is 1.26. The van der Waals surface area contributed by atoms with Crippen molar-refractivity contribution in [2.45, 2.75) is 12.8 Å². The molecule has 3 rings (SSSR count). The molecule has 13 heavy (non-hydrogen) atoms. The van der Waals surface area contributed by atoms with E-state index in [1.54, 1.807) is 0 Å². The van der Waals surface area contributed by atoms with Crippen LogP contribution in [-0.4, -0.2) is 13.1 Å². The molecular weight excluding hydrogens is 273 g/mol. The second-order valence-corrected chi connectivity index (χ2v) is 5.47. The first-order chi connectivity index (χ1) is 6.29. The second kappa shape index (κ2) is 2.62. The molecule has 0 bridgehead atoms. The molecule has 2 fully saturated rings. The van der Waals surface area contributed by atoms with Gasteiger partial charge in [0.1, 0.15) is 0 Å². The molecule has 0 atom stereocenters. The lowest BCUT2D eigenvalue weighted by Crippen LogP contribution is -2.48. The van der Waals surface area contributed by atoms with Crippen molar-refractivity contribution in [3.05, 3.63) is 27.8 Å². The van der Waals surface area contributed by atoms with E-state index in [0.717, 1.165) is 5.41 Å². The Labute approximate surface area is 92.3 Å². The number of halogens is 1. The maximum Gasteiger partial charge on any atom is 0.0502 e. The largest absolute Gasteiger partial charge is 0.369 e. The molecule has 0 amide bonds. The molecule has 1 spiro atoms. The van der Waals surface area contributed by atoms with E-state index in [-0.39, 0.29) is 0 Å². The average Bonchev–Trinajstić information content (AvgIpc) is 2.82. The Morgan fingerprint density at radius 2 is 1.85 bits per heavy atom. The minimum atomic E-state index is 0.763. The van der Waals surface area contributed by atoms with Crippen LogP contribution in [0, 0.1) is 8.99 Å². The molecule has 1 saturated carbocycles. The van der Waals surface area contributed by atoms with Crippen molar-refractivity contribution in [2.24, 2.45) is 5.41 Å². The van der Waals surface area contributed by atoms with Crippen LogP contribution in [0.4, 0.5) is 5.69 Å². The molecule has 1 saturated heterocycles. The highest BCUT2D eigenvalue weighted by atomic mass is 127. The fourth-order valence-corrected chi connectivity index (χ4v) is 2.86. The van der Waals surface area contributed by atoms with Crippen LogP contribution < -0.4 is 4.90 Å². The number of nitrogens with zero attached hydrogens (tertiary/aromatic N) is 1. The molecule has 0 radical (unpaired) electrons. The number of anilines is 1. The number of benzene rings is 1. The van der Waals surface area contributed by atoms with E-state index in [9.17, 15) is 0 Å². The quantitative estimate of drug-likeness (QED) is 0.717. The average molecular weight is 285 g/mol. The van der Waals surface area contributed by atoms with E-state index < -0.39 is 0 Å². The molecule has 2 aliphatic rings. The van der Waals surface area contributed by atoms with Gasteiger partial charge in [0, 0.05) is 22.1 Å². The first-order valence-corrected chi connectivity index (χ1v) is 5.87. The van der Waals surface area contributed by atoms with Gasteiger partial charge in [-0.2, -0.15) is 0 Å². The third-order valence-electron chi connectivity index (χ3n) is 3.20. The number of para-hydroxylation sites is 1. The Balaban J connectivity index is 1.82. The van der Waals surface area contributed by atoms with Crippen molar-refractivity contribution in [3.8, 4) is 0 Å². The maximum atomic E-state index is 2.51. The fraction of sp³-hybridized carbons (Fsp3) is 0.455. The zero-order valence-electron chi connectivity index (χ0n) is 7.46. The monoisotopic (exact) mass is 285 g/mol. The van der Waals surface area contributed by atoms with Crippen molar-refractivity contribution < 1.29 is 0 Å². The van der Waals surface area contributed by atoms with E-state index in [1.165, 1.54) is 35.2 Å². The summed E-state index contributed by atoms with van der Waals surface area (Å²) in [7, 11) is 0. The SMILES string of the molecule is Ic1ccccc1N1CC2(CC2)C1. The molecule has 1 aromatic carbocycles. The Morgan fingerprint density at radius 1 is 1.15 bits per heavy atom. The van der Waals surface area contributed by atoms with Gasteiger partial charge < -0.3 is 4.90 Å². The van der Waals surface area contributed by atoms with E-state index in [0.29, 0.717) is 0 Å². The highest BCUT2D eigenvalue weighted by Gasteiger charge is 2.52. The topological polar surface area (TPSA) is 3.24 Å². The second-order valence-electron chi connectivity index (χ2n) is 4.31. The number of hydrogen-bond acceptors (Lipinski definition) is 1. The van der Waals surface area contributed by atoms with Gasteiger partial charge in [0.15, 0.2) is 0 Å². The Bertz CT molecular complexity index is 336. The van der Waals surface area contributed by atoms with Crippen LogP contribution in [0.3, 0.4) is 0 Å². The molecule has 0 N–H and O–H groups in total. The highest BCUT2D eigenvalue weighted by Crippen LogP contribution is 2.54. The Morgan fingerprint density at radius 3 is 2.46 bits per heavy atom. The van der Waals surface area contributed by atoms with Crippen LogP contribution in [0.15, 0.2) is 24.3 Å². The molecule has 2 heteroatoms. The predicted octanol–water partition coefficient (Wildman–Crippen LogP) is 2.89. The van der Waals surface area contributed by atoms with E-state index in [4.69, 9.17) is 0 Å². The van der Waals surface area contributed by atoms with Gasteiger partial charge in [-0.25, -0.2) is 0 Å². The summed E-state index contributed by atoms with van der Waals surface area (Å²) in [5.74, 6) is 0. The van der Waals surface area contributed by atoms with E-state index in [1.807, 2.05) is 0 Å². The van der Waals surface area contributed by atoms with Crippen molar-refractivity contribution >= 4 is 28.3 Å². The lowest BCUT2D eigenvalue weighted by atomic mass is 9.96. The minimum absolute atomic E-state index is 0.763. The summed E-state index contributed by atoms with van der Waals surface area (Å²) in [5.41, 5.74) is 2.19. The summed E-state index contributed by atoms with van der Waals surface area (Å²) < 4.78 is 1.38. The van der Waals surface area contributed by atoms with Crippen LogP contribution in [0.1, 0.15) is 12.8 Å². The van der Waals surface area contributed by atoms with Gasteiger partial charge in [0.2, 0.25) is 0 Å². The van der Waals surface area contributed by atoms with Gasteiger partial charge in [-0.15, -0.1) is 0 Å². The van der Waals surface area contributed by atoms with Crippen molar-refractivity contribution in [3.63, 3.8) is 0 Å². The molecule has 1 aromatic rings. The zero-order chi connectivity index (χ0) is 8.89. The van der Waals surface area contributed by atoms with Crippen LogP contribution in [-0.2, 0) is 0 Å². The van der Waals surface area contributed by atoms with E-state index >= 15 is 0 Å². The first kappa shape index (κ1) is 8.09. The van der Waals surface area contributed by atoms with Crippen LogP contribution in [0.5, 0.6) is 0 Å². The highest BCUT2D eigenvalue weighted by molar-refractivity contribution is 14.1. The molecule has 0 aromatic heterocycles. The molecule has 68 valence electrons. The van der Waals surface area contributed by atoms with Crippen molar-refractivity contribution in [2.75, 3.05) is 18.0 Å². The third-order valence-corrected chi connectivity index (χ3v) is 4.11. The minimum Gasteiger partial charge on any atom is -0.369 e. The van der Waals surface area contributed by atoms with Crippen molar-refractivity contribution in [1.29, 1.82) is 0 Å². The van der Waals surface area contributed by atoms with Gasteiger partial charge >= 0.3 is 0 Å². The molecule has 1 heterocycles.